The molecule has 0 fully saturated rings. The number of nitrogens with zero attached hydrogens (tertiary/aromatic N) is 1. The van der Waals surface area contributed by atoms with Crippen molar-refractivity contribution in [1.29, 1.82) is 0 Å². The maximum absolute atomic E-state index is 12.0. The first-order chi connectivity index (χ1) is 9.74. The minimum absolute atomic E-state index is 0.0395. The van der Waals surface area contributed by atoms with Crippen LogP contribution in [0.1, 0.15) is 11.3 Å². The van der Waals surface area contributed by atoms with Crippen molar-refractivity contribution in [2.75, 3.05) is 0 Å². The number of hydrogen-bond donors (Lipinski definition) is 1. The summed E-state index contributed by atoms with van der Waals surface area (Å²) in [7, 11) is 0. The molecule has 0 amide bonds. The quantitative estimate of drug-likeness (QED) is 0.728. The average molecular weight is 281 g/mol. The van der Waals surface area contributed by atoms with Gasteiger partial charge in [-0.2, -0.15) is 0 Å². The van der Waals surface area contributed by atoms with Crippen molar-refractivity contribution in [2.45, 2.75) is 0 Å². The SMILES string of the molecule is O=c1sc2ccccc2nc1C=C(O)c1ccccc1. The third-order valence-electron chi connectivity index (χ3n) is 2.86. The van der Waals surface area contributed by atoms with E-state index in [1.54, 1.807) is 12.1 Å². The van der Waals surface area contributed by atoms with E-state index in [0.717, 1.165) is 21.6 Å². The van der Waals surface area contributed by atoms with Crippen LogP contribution in [0.15, 0.2) is 59.4 Å². The Hall–Kier alpha value is -2.46. The third kappa shape index (κ3) is 2.46. The minimum Gasteiger partial charge on any atom is -0.507 e. The van der Waals surface area contributed by atoms with Gasteiger partial charge in [0.25, 0.3) is 4.74 Å². The zero-order valence-electron chi connectivity index (χ0n) is 10.5. The highest BCUT2D eigenvalue weighted by atomic mass is 32.1. The number of rotatable bonds is 2. The van der Waals surface area contributed by atoms with Gasteiger partial charge < -0.3 is 5.11 Å². The lowest BCUT2D eigenvalue weighted by atomic mass is 10.2. The van der Waals surface area contributed by atoms with E-state index in [1.807, 2.05) is 42.5 Å². The number of aliphatic hydroxyl groups is 1. The van der Waals surface area contributed by atoms with Gasteiger partial charge in [0.1, 0.15) is 11.5 Å². The molecule has 2 aromatic carbocycles. The molecule has 3 nitrogen and oxygen atoms in total. The molecule has 3 aromatic rings. The van der Waals surface area contributed by atoms with Crippen LogP contribution >= 0.6 is 11.3 Å². The maximum atomic E-state index is 12.0. The predicted octanol–water partition coefficient (Wildman–Crippen LogP) is 3.71. The van der Waals surface area contributed by atoms with E-state index in [0.29, 0.717) is 5.56 Å². The minimum atomic E-state index is -0.161. The van der Waals surface area contributed by atoms with Crippen LogP contribution in [0, 0.1) is 0 Å². The second-order valence-electron chi connectivity index (χ2n) is 4.25. The molecule has 0 spiro atoms. The second kappa shape index (κ2) is 5.27. The van der Waals surface area contributed by atoms with Crippen molar-refractivity contribution < 1.29 is 5.11 Å². The summed E-state index contributed by atoms with van der Waals surface area (Å²) in [5.74, 6) is 0.0395. The third-order valence-corrected chi connectivity index (χ3v) is 3.82. The first-order valence-corrected chi connectivity index (χ1v) is 6.92. The fourth-order valence-corrected chi connectivity index (χ4v) is 2.65. The lowest BCUT2D eigenvalue weighted by molar-refractivity contribution is 0.515. The van der Waals surface area contributed by atoms with Crippen molar-refractivity contribution in [3.8, 4) is 0 Å². The van der Waals surface area contributed by atoms with Crippen molar-refractivity contribution in [2.24, 2.45) is 0 Å². The molecule has 98 valence electrons. The molecule has 20 heavy (non-hydrogen) atoms. The monoisotopic (exact) mass is 281 g/mol. The molecule has 0 bridgehead atoms. The van der Waals surface area contributed by atoms with Crippen LogP contribution in [0.4, 0.5) is 0 Å². The smallest absolute Gasteiger partial charge is 0.258 e. The van der Waals surface area contributed by atoms with Gasteiger partial charge in [-0.05, 0) is 12.1 Å². The molecule has 0 radical (unpaired) electrons. The normalized spacial score (nSPS) is 11.7. The molecular weight excluding hydrogens is 270 g/mol. The molecule has 1 N–H and O–H groups in total. The van der Waals surface area contributed by atoms with Crippen LogP contribution in [0.25, 0.3) is 22.1 Å². The first-order valence-electron chi connectivity index (χ1n) is 6.10. The van der Waals surface area contributed by atoms with Crippen LogP contribution in [0.2, 0.25) is 0 Å². The largest absolute Gasteiger partial charge is 0.507 e. The topological polar surface area (TPSA) is 50.2 Å². The highest BCUT2D eigenvalue weighted by molar-refractivity contribution is 7.16. The Morgan fingerprint density at radius 1 is 1.05 bits per heavy atom. The zero-order chi connectivity index (χ0) is 13.9. The lowest BCUT2D eigenvalue weighted by Crippen LogP contribution is -2.03. The number of hydrogen-bond acceptors (Lipinski definition) is 4. The van der Waals surface area contributed by atoms with Crippen molar-refractivity contribution in [3.63, 3.8) is 0 Å². The van der Waals surface area contributed by atoms with Gasteiger partial charge in [-0.3, -0.25) is 4.79 Å². The molecule has 3 rings (SSSR count). The predicted molar refractivity (Wildman–Crippen MR) is 82.8 cm³/mol. The number of aliphatic hydroxyl groups excluding tert-OH is 1. The Labute approximate surface area is 119 Å². The fraction of sp³-hybridized carbons (Fsp3) is 0. The van der Waals surface area contributed by atoms with E-state index < -0.39 is 0 Å². The van der Waals surface area contributed by atoms with Gasteiger partial charge in [0.05, 0.1) is 10.2 Å². The van der Waals surface area contributed by atoms with E-state index in [1.165, 1.54) is 6.08 Å². The van der Waals surface area contributed by atoms with Gasteiger partial charge in [0.15, 0.2) is 0 Å². The van der Waals surface area contributed by atoms with Crippen LogP contribution in [0.3, 0.4) is 0 Å². The van der Waals surface area contributed by atoms with Crippen molar-refractivity contribution >= 4 is 33.4 Å². The number of para-hydroxylation sites is 1. The zero-order valence-corrected chi connectivity index (χ0v) is 11.3. The van der Waals surface area contributed by atoms with Gasteiger partial charge in [0, 0.05) is 11.6 Å². The number of fused-ring (bicyclic) bond motifs is 1. The Morgan fingerprint density at radius 2 is 1.75 bits per heavy atom. The van der Waals surface area contributed by atoms with Crippen LogP contribution < -0.4 is 4.74 Å². The van der Waals surface area contributed by atoms with Crippen LogP contribution in [-0.2, 0) is 0 Å². The lowest BCUT2D eigenvalue weighted by Gasteiger charge is -2.00. The summed E-state index contributed by atoms with van der Waals surface area (Å²) in [6.07, 6.45) is 1.42. The van der Waals surface area contributed by atoms with E-state index in [4.69, 9.17) is 0 Å². The Kier molecular flexibility index (Phi) is 3.31. The summed E-state index contributed by atoms with van der Waals surface area (Å²) in [4.78, 5) is 16.3. The Balaban J connectivity index is 2.11. The number of aromatic nitrogens is 1. The average Bonchev–Trinajstić information content (AvgIpc) is 2.49. The highest BCUT2D eigenvalue weighted by Gasteiger charge is 2.05. The molecule has 4 heteroatoms. The van der Waals surface area contributed by atoms with E-state index in [9.17, 15) is 9.90 Å². The van der Waals surface area contributed by atoms with Gasteiger partial charge in [-0.25, -0.2) is 4.98 Å². The Bertz CT molecular complexity index is 838. The fourth-order valence-electron chi connectivity index (χ4n) is 1.88. The van der Waals surface area contributed by atoms with Gasteiger partial charge in [-0.15, -0.1) is 0 Å². The summed E-state index contributed by atoms with van der Waals surface area (Å²) in [5, 5.41) is 10.1. The van der Waals surface area contributed by atoms with Crippen LogP contribution in [0.5, 0.6) is 0 Å². The Morgan fingerprint density at radius 3 is 2.55 bits per heavy atom. The molecule has 0 aliphatic heterocycles. The molecule has 0 unspecified atom stereocenters. The van der Waals surface area contributed by atoms with Gasteiger partial charge >= 0.3 is 0 Å². The van der Waals surface area contributed by atoms with Gasteiger partial charge in [-0.1, -0.05) is 53.8 Å². The standard InChI is InChI=1S/C16H11NO2S/c18-14(11-6-2-1-3-7-11)10-13-16(19)20-15-9-5-4-8-12(15)17-13/h1-10,18H. The van der Waals surface area contributed by atoms with E-state index >= 15 is 0 Å². The molecule has 0 aliphatic carbocycles. The molecule has 0 atom stereocenters. The second-order valence-corrected chi connectivity index (χ2v) is 5.26. The molecule has 0 saturated heterocycles. The summed E-state index contributed by atoms with van der Waals surface area (Å²) < 4.78 is 0.681. The van der Waals surface area contributed by atoms with Crippen molar-refractivity contribution in [1.82, 2.24) is 4.98 Å². The molecular formula is C16H11NO2S. The van der Waals surface area contributed by atoms with E-state index in [2.05, 4.69) is 4.98 Å². The first kappa shape index (κ1) is 12.6. The summed E-state index contributed by atoms with van der Waals surface area (Å²) >= 11 is 1.13. The summed E-state index contributed by atoms with van der Waals surface area (Å²) in [5.41, 5.74) is 1.67. The maximum Gasteiger partial charge on any atom is 0.258 e. The molecule has 1 heterocycles. The van der Waals surface area contributed by atoms with E-state index in [-0.39, 0.29) is 16.2 Å². The van der Waals surface area contributed by atoms with Crippen LogP contribution in [-0.4, -0.2) is 10.1 Å². The van der Waals surface area contributed by atoms with Gasteiger partial charge in [0.2, 0.25) is 0 Å². The molecule has 1 aromatic heterocycles. The molecule has 0 aliphatic rings. The highest BCUT2D eigenvalue weighted by Crippen LogP contribution is 2.17. The number of benzene rings is 2. The van der Waals surface area contributed by atoms with Crippen molar-refractivity contribution in [3.05, 3.63) is 75.4 Å². The summed E-state index contributed by atoms with van der Waals surface area (Å²) in [6, 6.07) is 16.5. The molecule has 0 saturated carbocycles. The summed E-state index contributed by atoms with van der Waals surface area (Å²) in [6.45, 7) is 0.